The van der Waals surface area contributed by atoms with E-state index in [1.54, 1.807) is 11.3 Å². The number of nitrogens with zero attached hydrogens (tertiary/aromatic N) is 2. The Morgan fingerprint density at radius 2 is 2.36 bits per heavy atom. The summed E-state index contributed by atoms with van der Waals surface area (Å²) in [5, 5.41) is 1.99. The van der Waals surface area contributed by atoms with Crippen LogP contribution in [0.25, 0.3) is 0 Å². The molecule has 0 saturated carbocycles. The van der Waals surface area contributed by atoms with E-state index in [2.05, 4.69) is 0 Å². The molecular weight excluding hydrogens is 302 g/mol. The van der Waals surface area contributed by atoms with E-state index in [0.29, 0.717) is 26.2 Å². The average molecular weight is 325 g/mol. The first-order valence-electron chi connectivity index (χ1n) is 7.38. The summed E-state index contributed by atoms with van der Waals surface area (Å²) < 4.78 is 5.70. The van der Waals surface area contributed by atoms with Crippen molar-refractivity contribution in [1.82, 2.24) is 9.80 Å². The standard InChI is InChI=1S/C15H23N3O3S/c1-11(13-4-3-7-22-13)15(20)18-5-6-21-12(9-18)8-17(2)10-14(16)19/h3-4,7,11-12H,5-6,8-10H2,1-2H3,(H2,16,19)/t11-,12-/m1/s1. The van der Waals surface area contributed by atoms with Crippen LogP contribution in [0.4, 0.5) is 0 Å². The number of carbonyl (C=O) groups excluding carboxylic acids is 2. The maximum atomic E-state index is 12.6. The van der Waals surface area contributed by atoms with Gasteiger partial charge in [0.25, 0.3) is 0 Å². The van der Waals surface area contributed by atoms with Crippen LogP contribution in [0.3, 0.4) is 0 Å². The van der Waals surface area contributed by atoms with Gasteiger partial charge in [0, 0.05) is 24.5 Å². The van der Waals surface area contributed by atoms with Gasteiger partial charge in [-0.2, -0.15) is 0 Å². The smallest absolute Gasteiger partial charge is 0.231 e. The second-order valence-corrected chi connectivity index (χ2v) is 6.66. The lowest BCUT2D eigenvalue weighted by Gasteiger charge is -2.35. The molecule has 2 atom stereocenters. The molecule has 1 fully saturated rings. The molecule has 0 radical (unpaired) electrons. The molecular formula is C15H23N3O3S. The molecule has 0 unspecified atom stereocenters. The third-order valence-corrected chi connectivity index (χ3v) is 4.79. The number of thiophene rings is 1. The molecule has 2 rings (SSSR count). The molecule has 7 heteroatoms. The molecule has 22 heavy (non-hydrogen) atoms. The maximum Gasteiger partial charge on any atom is 0.231 e. The first-order chi connectivity index (χ1) is 10.5. The van der Waals surface area contributed by atoms with E-state index in [1.165, 1.54) is 0 Å². The first kappa shape index (κ1) is 16.9. The normalized spacial score (nSPS) is 20.1. The van der Waals surface area contributed by atoms with Crippen LogP contribution in [-0.2, 0) is 14.3 Å². The van der Waals surface area contributed by atoms with Gasteiger partial charge in [-0.1, -0.05) is 6.07 Å². The zero-order valence-electron chi connectivity index (χ0n) is 13.0. The van der Waals surface area contributed by atoms with Crippen LogP contribution in [-0.4, -0.2) is 67.6 Å². The zero-order valence-corrected chi connectivity index (χ0v) is 13.8. The van der Waals surface area contributed by atoms with Crippen LogP contribution in [0.5, 0.6) is 0 Å². The van der Waals surface area contributed by atoms with Crippen molar-refractivity contribution in [2.24, 2.45) is 5.73 Å². The average Bonchev–Trinajstić information content (AvgIpc) is 2.99. The van der Waals surface area contributed by atoms with Crippen molar-refractivity contribution >= 4 is 23.2 Å². The number of rotatable bonds is 6. The molecule has 1 saturated heterocycles. The van der Waals surface area contributed by atoms with E-state index < -0.39 is 0 Å². The van der Waals surface area contributed by atoms with Gasteiger partial charge in [-0.25, -0.2) is 0 Å². The minimum atomic E-state index is -0.363. The second kappa shape index (κ2) is 7.71. The largest absolute Gasteiger partial charge is 0.373 e. The van der Waals surface area contributed by atoms with Crippen molar-refractivity contribution in [1.29, 1.82) is 0 Å². The molecule has 2 heterocycles. The molecule has 0 aromatic carbocycles. The van der Waals surface area contributed by atoms with E-state index in [1.807, 2.05) is 41.3 Å². The van der Waals surface area contributed by atoms with E-state index in [9.17, 15) is 9.59 Å². The van der Waals surface area contributed by atoms with E-state index in [4.69, 9.17) is 10.5 Å². The third kappa shape index (κ3) is 4.53. The maximum absolute atomic E-state index is 12.6. The Hall–Kier alpha value is -1.44. The van der Waals surface area contributed by atoms with Gasteiger partial charge in [-0.3, -0.25) is 14.5 Å². The summed E-state index contributed by atoms with van der Waals surface area (Å²) in [4.78, 5) is 28.3. The predicted molar refractivity (Wildman–Crippen MR) is 85.7 cm³/mol. The Morgan fingerprint density at radius 3 is 3.00 bits per heavy atom. The summed E-state index contributed by atoms with van der Waals surface area (Å²) >= 11 is 1.60. The van der Waals surface area contributed by atoms with E-state index in [-0.39, 0.29) is 30.4 Å². The highest BCUT2D eigenvalue weighted by Crippen LogP contribution is 2.23. The summed E-state index contributed by atoms with van der Waals surface area (Å²) in [5.41, 5.74) is 5.18. The highest BCUT2D eigenvalue weighted by molar-refractivity contribution is 7.10. The van der Waals surface area contributed by atoms with Crippen molar-refractivity contribution in [2.75, 3.05) is 39.8 Å². The van der Waals surface area contributed by atoms with Gasteiger partial charge in [-0.05, 0) is 25.4 Å². The van der Waals surface area contributed by atoms with Crippen molar-refractivity contribution in [3.8, 4) is 0 Å². The molecule has 6 nitrogen and oxygen atoms in total. The van der Waals surface area contributed by atoms with Crippen LogP contribution in [0.2, 0.25) is 0 Å². The fourth-order valence-corrected chi connectivity index (χ4v) is 3.42. The Labute approximate surface area is 134 Å². The summed E-state index contributed by atoms with van der Waals surface area (Å²) in [6.45, 7) is 4.41. The SMILES string of the molecule is C[C@@H](C(=O)N1CCO[C@H](CN(C)CC(N)=O)C1)c1cccs1. The summed E-state index contributed by atoms with van der Waals surface area (Å²) in [5.74, 6) is -0.354. The number of hydrogen-bond acceptors (Lipinski definition) is 5. The summed E-state index contributed by atoms with van der Waals surface area (Å²) in [7, 11) is 1.82. The zero-order chi connectivity index (χ0) is 16.1. The van der Waals surface area contributed by atoms with Gasteiger partial charge in [0.15, 0.2) is 0 Å². The number of ether oxygens (including phenoxy) is 1. The van der Waals surface area contributed by atoms with Gasteiger partial charge in [0.1, 0.15) is 0 Å². The molecule has 0 bridgehead atoms. The van der Waals surface area contributed by atoms with Crippen molar-refractivity contribution in [3.63, 3.8) is 0 Å². The van der Waals surface area contributed by atoms with Crippen molar-refractivity contribution < 1.29 is 14.3 Å². The molecule has 0 aliphatic carbocycles. The number of hydrogen-bond donors (Lipinski definition) is 1. The highest BCUT2D eigenvalue weighted by Gasteiger charge is 2.29. The number of morpholine rings is 1. The molecule has 2 amide bonds. The van der Waals surface area contributed by atoms with Gasteiger partial charge in [0.2, 0.25) is 11.8 Å². The number of likely N-dealkylation sites (N-methyl/N-ethyl adjacent to an activating group) is 1. The number of carbonyl (C=O) groups is 2. The predicted octanol–water partition coefficient (Wildman–Crippen LogP) is 0.496. The van der Waals surface area contributed by atoms with Crippen LogP contribution in [0.1, 0.15) is 17.7 Å². The highest BCUT2D eigenvalue weighted by atomic mass is 32.1. The van der Waals surface area contributed by atoms with E-state index in [0.717, 1.165) is 4.88 Å². The molecule has 2 N–H and O–H groups in total. The van der Waals surface area contributed by atoms with Crippen LogP contribution in [0.15, 0.2) is 17.5 Å². The fraction of sp³-hybridized carbons (Fsp3) is 0.600. The minimum absolute atomic E-state index is 0.0856. The lowest BCUT2D eigenvalue weighted by molar-refractivity contribution is -0.140. The number of nitrogens with two attached hydrogens (primary N) is 1. The van der Waals surface area contributed by atoms with Gasteiger partial charge >= 0.3 is 0 Å². The quantitative estimate of drug-likeness (QED) is 0.826. The van der Waals surface area contributed by atoms with Crippen molar-refractivity contribution in [3.05, 3.63) is 22.4 Å². The topological polar surface area (TPSA) is 75.9 Å². The number of primary amides is 1. The lowest BCUT2D eigenvalue weighted by atomic mass is 10.1. The van der Waals surface area contributed by atoms with Gasteiger partial charge in [-0.15, -0.1) is 11.3 Å². The van der Waals surface area contributed by atoms with Gasteiger partial charge < -0.3 is 15.4 Å². The summed E-state index contributed by atoms with van der Waals surface area (Å²) in [6.07, 6.45) is -0.0856. The molecule has 1 aromatic rings. The number of amides is 2. The molecule has 122 valence electrons. The van der Waals surface area contributed by atoms with E-state index >= 15 is 0 Å². The third-order valence-electron chi connectivity index (χ3n) is 3.73. The van der Waals surface area contributed by atoms with Gasteiger partial charge in [0.05, 0.1) is 25.2 Å². The molecule has 1 aromatic heterocycles. The molecule has 1 aliphatic heterocycles. The monoisotopic (exact) mass is 325 g/mol. The van der Waals surface area contributed by atoms with Crippen LogP contribution < -0.4 is 5.73 Å². The molecule has 0 spiro atoms. The summed E-state index contributed by atoms with van der Waals surface area (Å²) in [6, 6.07) is 3.95. The fourth-order valence-electron chi connectivity index (χ4n) is 2.64. The Balaban J connectivity index is 1.89. The lowest BCUT2D eigenvalue weighted by Crippen LogP contribution is -2.50. The second-order valence-electron chi connectivity index (χ2n) is 5.68. The minimum Gasteiger partial charge on any atom is -0.373 e. The Bertz CT molecular complexity index is 506. The Morgan fingerprint density at radius 1 is 1.59 bits per heavy atom. The first-order valence-corrected chi connectivity index (χ1v) is 8.26. The van der Waals surface area contributed by atoms with Crippen LogP contribution >= 0.6 is 11.3 Å². The molecule has 1 aliphatic rings. The van der Waals surface area contributed by atoms with Crippen LogP contribution in [0, 0.1) is 0 Å². The van der Waals surface area contributed by atoms with Crippen molar-refractivity contribution in [2.45, 2.75) is 18.9 Å². The Kier molecular flexibility index (Phi) is 5.93.